The maximum Gasteiger partial charge on any atom is 1.00 e. The van der Waals surface area contributed by atoms with Gasteiger partial charge in [0.15, 0.2) is 6.29 Å². The monoisotopic (exact) mass is 554 g/mol. The van der Waals surface area contributed by atoms with Gasteiger partial charge in [0.25, 0.3) is 0 Å². The molecule has 0 bridgehead atoms. The van der Waals surface area contributed by atoms with Gasteiger partial charge in [0, 0.05) is 0 Å². The Bertz CT molecular complexity index is 389. The van der Waals surface area contributed by atoms with Gasteiger partial charge in [-0.1, -0.05) is 0 Å². The van der Waals surface area contributed by atoms with Crippen molar-refractivity contribution in [3.63, 3.8) is 0 Å². The van der Waals surface area contributed by atoms with Gasteiger partial charge in [-0.25, -0.2) is 0 Å². The molecule has 12 heteroatoms. The number of hydrogen-bond acceptors (Lipinski definition) is 11. The minimum atomic E-state index is -1.68. The second-order valence-corrected chi connectivity index (χ2v) is 5.97. The zero-order chi connectivity index (χ0) is 17.3. The summed E-state index contributed by atoms with van der Waals surface area (Å²) >= 11 is 4.80. The molecule has 2 rings (SSSR count). The summed E-state index contributed by atoms with van der Waals surface area (Å²) in [6.45, 7) is -1.23. The minimum Gasteiger partial charge on any atom is -0.759 e. The zero-order valence-corrected chi connectivity index (χ0v) is 15.2. The van der Waals surface area contributed by atoms with E-state index in [-0.39, 0.29) is 22.4 Å². The van der Waals surface area contributed by atoms with Crippen LogP contribution in [-0.4, -0.2) is 110 Å². The Balaban J connectivity index is 0.00000288. The van der Waals surface area contributed by atoms with Gasteiger partial charge < -0.3 is 62.6 Å². The van der Waals surface area contributed by atoms with Crippen LogP contribution < -0.4 is 0 Å². The second-order valence-electron chi connectivity index (χ2n) is 5.50. The van der Waals surface area contributed by atoms with E-state index >= 15 is 0 Å². The Labute approximate surface area is 158 Å². The van der Waals surface area contributed by atoms with Crippen molar-refractivity contribution in [2.24, 2.45) is 0 Å². The third kappa shape index (κ3) is 4.50. The molecule has 2 fully saturated rings. The molecule has 24 heavy (non-hydrogen) atoms. The molecule has 2 saturated heterocycles. The first-order chi connectivity index (χ1) is 10.8. The average Bonchev–Trinajstić information content (AvgIpc) is 2.55. The molecule has 2 aliphatic rings. The van der Waals surface area contributed by atoms with E-state index in [2.05, 4.69) is 0 Å². The molecule has 2 heterocycles. The number of aliphatic hydroxyl groups excluding tert-OH is 7. The molecule has 0 radical (unpaired) electrons. The van der Waals surface area contributed by atoms with Gasteiger partial charge in [-0.3, -0.25) is 0 Å². The van der Waals surface area contributed by atoms with E-state index in [4.69, 9.17) is 31.9 Å². The quantitative estimate of drug-likeness (QED) is 0.132. The number of rotatable bonds is 4. The van der Waals surface area contributed by atoms with Gasteiger partial charge in [-0.05, 0) is 5.44 Å². The summed E-state index contributed by atoms with van der Waals surface area (Å²) in [5.74, 6) is 0. The summed E-state index contributed by atoms with van der Waals surface area (Å²) in [6, 6.07) is 0. The Morgan fingerprint density at radius 3 is 1.88 bits per heavy atom. The van der Waals surface area contributed by atoms with Crippen LogP contribution in [0.25, 0.3) is 0 Å². The van der Waals surface area contributed by atoms with Crippen LogP contribution in [0.1, 0.15) is 0 Å². The van der Waals surface area contributed by atoms with Crippen LogP contribution >= 0.6 is 0 Å². The fraction of sp³-hybridized carbons (Fsp3) is 1.00. The molecule has 0 aromatic rings. The molecular weight excluding hydrogens is 533 g/mol. The molecular formula is C12H21AuO10S. The summed E-state index contributed by atoms with van der Waals surface area (Å²) in [7, 11) is 0. The smallest absolute Gasteiger partial charge is 0.759 e. The van der Waals surface area contributed by atoms with E-state index in [0.717, 1.165) is 0 Å². The standard InChI is InChI=1S/C12H22O10S.Au/c13-1-3-5(15)6(16)8(18)11(20-3)22-10-4(2-14)21-12(23)9(19)7(10)17;/h3-19,23H,1-2H2;/q;+1/p-1/t3?,4?,5-,6-,7+,8?,9?,10+,11-,12-;/m0./s1. The normalized spacial score (nSPS) is 49.5. The van der Waals surface area contributed by atoms with Gasteiger partial charge in [-0.15, -0.1) is 0 Å². The van der Waals surface area contributed by atoms with Gasteiger partial charge in [0.2, 0.25) is 0 Å². The minimum absolute atomic E-state index is 0. The summed E-state index contributed by atoms with van der Waals surface area (Å²) in [6.07, 6.45) is -13.0. The van der Waals surface area contributed by atoms with Crippen LogP contribution in [0.5, 0.6) is 0 Å². The molecule has 10 atom stereocenters. The van der Waals surface area contributed by atoms with E-state index in [1.165, 1.54) is 0 Å². The van der Waals surface area contributed by atoms with Crippen LogP contribution in [0.2, 0.25) is 0 Å². The number of hydrogen-bond donors (Lipinski definition) is 7. The van der Waals surface area contributed by atoms with E-state index in [9.17, 15) is 30.6 Å². The molecule has 0 saturated carbocycles. The summed E-state index contributed by atoms with van der Waals surface area (Å²) in [5.41, 5.74) is -1.16. The third-order valence-corrected chi connectivity index (χ3v) is 4.35. The van der Waals surface area contributed by atoms with Crippen molar-refractivity contribution in [2.75, 3.05) is 13.2 Å². The van der Waals surface area contributed by atoms with Gasteiger partial charge >= 0.3 is 22.4 Å². The molecule has 4 unspecified atom stereocenters. The van der Waals surface area contributed by atoms with E-state index in [0.29, 0.717) is 0 Å². The van der Waals surface area contributed by atoms with Crippen LogP contribution in [0.15, 0.2) is 0 Å². The maximum atomic E-state index is 10.0. The molecule has 10 nitrogen and oxygen atoms in total. The van der Waals surface area contributed by atoms with Crippen LogP contribution in [0, 0.1) is 0 Å². The van der Waals surface area contributed by atoms with Crippen molar-refractivity contribution in [1.29, 1.82) is 0 Å². The Morgan fingerprint density at radius 2 is 1.33 bits per heavy atom. The van der Waals surface area contributed by atoms with Gasteiger partial charge in [0.05, 0.1) is 19.3 Å². The van der Waals surface area contributed by atoms with Crippen molar-refractivity contribution in [3.8, 4) is 0 Å². The predicted molar refractivity (Wildman–Crippen MR) is 73.8 cm³/mol. The van der Waals surface area contributed by atoms with E-state index in [1.807, 2.05) is 0 Å². The van der Waals surface area contributed by atoms with Crippen molar-refractivity contribution >= 4 is 12.6 Å². The SMILES string of the molecule is OCC1O[C@@H]([S-])C(O)[C@@H](O)[C@@H]1O[C@@H]1OC(CO)[C@H](O)[C@H](O)C1O.[Au+]. The molecule has 2 aliphatic heterocycles. The Morgan fingerprint density at radius 1 is 0.750 bits per heavy atom. The average molecular weight is 554 g/mol. The molecule has 0 aromatic heterocycles. The molecule has 0 spiro atoms. The first-order valence-electron chi connectivity index (χ1n) is 7.06. The Hall–Kier alpha value is 0.690. The third-order valence-electron chi connectivity index (χ3n) is 3.96. The zero-order valence-electron chi connectivity index (χ0n) is 12.3. The fourth-order valence-corrected chi connectivity index (χ4v) is 2.86. The molecule has 7 N–H and O–H groups in total. The van der Waals surface area contributed by atoms with Crippen molar-refractivity contribution in [1.82, 2.24) is 0 Å². The number of ether oxygens (including phenoxy) is 3. The molecule has 0 aliphatic carbocycles. The maximum absolute atomic E-state index is 10.0. The van der Waals surface area contributed by atoms with Crippen molar-refractivity contribution < 1.29 is 72.3 Å². The Kier molecular flexibility index (Phi) is 9.07. The summed E-state index contributed by atoms with van der Waals surface area (Å²) in [5, 5.41) is 67.5. The fourth-order valence-electron chi connectivity index (χ4n) is 2.56. The van der Waals surface area contributed by atoms with Gasteiger partial charge in [0.1, 0.15) is 42.7 Å². The van der Waals surface area contributed by atoms with Crippen molar-refractivity contribution in [2.45, 2.75) is 60.6 Å². The largest absolute Gasteiger partial charge is 1.00 e. The predicted octanol–water partition coefficient (Wildman–Crippen LogP) is -4.85. The molecule has 0 amide bonds. The van der Waals surface area contributed by atoms with Crippen LogP contribution in [0.4, 0.5) is 0 Å². The summed E-state index contributed by atoms with van der Waals surface area (Å²) < 4.78 is 15.6. The van der Waals surface area contributed by atoms with Gasteiger partial charge in [-0.2, -0.15) is 0 Å². The topological polar surface area (TPSA) is 169 Å². The van der Waals surface area contributed by atoms with Crippen LogP contribution in [0.3, 0.4) is 0 Å². The second kappa shape index (κ2) is 9.58. The van der Waals surface area contributed by atoms with Crippen molar-refractivity contribution in [3.05, 3.63) is 0 Å². The van der Waals surface area contributed by atoms with E-state index < -0.39 is 73.8 Å². The van der Waals surface area contributed by atoms with Crippen LogP contribution in [-0.2, 0) is 49.2 Å². The summed E-state index contributed by atoms with van der Waals surface area (Å²) in [4.78, 5) is 0. The first-order valence-corrected chi connectivity index (χ1v) is 7.53. The number of aliphatic hydroxyl groups is 7. The first kappa shape index (κ1) is 22.7. The molecule has 146 valence electrons. The molecule has 0 aromatic carbocycles. The van der Waals surface area contributed by atoms with E-state index in [1.54, 1.807) is 0 Å².